The third-order valence-electron chi connectivity index (χ3n) is 3.86. The Bertz CT molecular complexity index is 581. The van der Waals surface area contributed by atoms with Gasteiger partial charge in [-0.05, 0) is 45.1 Å². The Labute approximate surface area is 125 Å². The minimum Gasteiger partial charge on any atom is -0.268 e. The molecular weight excluding hydrogens is 294 g/mol. The van der Waals surface area contributed by atoms with Gasteiger partial charge in [0.05, 0.1) is 11.4 Å². The Balaban J connectivity index is 2.30. The van der Waals surface area contributed by atoms with E-state index in [0.29, 0.717) is 36.1 Å². The van der Waals surface area contributed by atoms with E-state index in [-0.39, 0.29) is 0 Å². The van der Waals surface area contributed by atoms with Crippen LogP contribution in [0.25, 0.3) is 0 Å². The topological polar surface area (TPSA) is 55.2 Å². The summed E-state index contributed by atoms with van der Waals surface area (Å²) in [4.78, 5) is 0.407. The summed E-state index contributed by atoms with van der Waals surface area (Å²) in [6.07, 6.45) is 3.02. The van der Waals surface area contributed by atoms with Gasteiger partial charge < -0.3 is 0 Å². The van der Waals surface area contributed by atoms with Crippen LogP contribution < -0.4 is 0 Å². The van der Waals surface area contributed by atoms with Crippen molar-refractivity contribution in [3.05, 3.63) is 11.4 Å². The average Bonchev–Trinajstić information content (AvgIpc) is 2.95. The van der Waals surface area contributed by atoms with Gasteiger partial charge >= 0.3 is 0 Å². The van der Waals surface area contributed by atoms with Crippen molar-refractivity contribution in [1.82, 2.24) is 14.1 Å². The molecule has 1 aliphatic heterocycles. The highest BCUT2D eigenvalue weighted by molar-refractivity contribution is 7.98. The van der Waals surface area contributed by atoms with Crippen LogP contribution in [0.5, 0.6) is 0 Å². The van der Waals surface area contributed by atoms with Gasteiger partial charge in [-0.25, -0.2) is 8.42 Å². The van der Waals surface area contributed by atoms with Gasteiger partial charge in [0.15, 0.2) is 0 Å². The lowest BCUT2D eigenvalue weighted by molar-refractivity contribution is 0.464. The standard InChI is InChI=1S/C13H23N3O2S2/c1-5-16-11(3)13(10(2)14-16)20(17,18)15-7-6-12(8-15)9-19-4/h12H,5-9H2,1-4H3/t12-/m1/s1. The molecule has 0 radical (unpaired) electrons. The van der Waals surface area contributed by atoms with E-state index in [0.717, 1.165) is 17.9 Å². The lowest BCUT2D eigenvalue weighted by Gasteiger charge is -2.16. The lowest BCUT2D eigenvalue weighted by Crippen LogP contribution is -2.30. The minimum atomic E-state index is -3.40. The molecule has 7 heteroatoms. The van der Waals surface area contributed by atoms with Crippen molar-refractivity contribution >= 4 is 21.8 Å². The van der Waals surface area contributed by atoms with Gasteiger partial charge in [0.1, 0.15) is 4.90 Å². The van der Waals surface area contributed by atoms with Gasteiger partial charge in [-0.15, -0.1) is 0 Å². The van der Waals surface area contributed by atoms with E-state index in [9.17, 15) is 8.42 Å². The van der Waals surface area contributed by atoms with Crippen molar-refractivity contribution in [1.29, 1.82) is 0 Å². The monoisotopic (exact) mass is 317 g/mol. The molecule has 0 spiro atoms. The van der Waals surface area contributed by atoms with Crippen LogP contribution in [-0.4, -0.2) is 47.6 Å². The highest BCUT2D eigenvalue weighted by atomic mass is 32.2. The fraction of sp³-hybridized carbons (Fsp3) is 0.769. The first kappa shape index (κ1) is 15.9. The largest absolute Gasteiger partial charge is 0.268 e. The fourth-order valence-electron chi connectivity index (χ4n) is 2.88. The quantitative estimate of drug-likeness (QED) is 0.832. The summed E-state index contributed by atoms with van der Waals surface area (Å²) in [5, 5.41) is 4.33. The molecule has 1 aromatic rings. The molecule has 1 atom stereocenters. The second-order valence-electron chi connectivity index (χ2n) is 5.29. The Hall–Kier alpha value is -0.530. The van der Waals surface area contributed by atoms with Gasteiger partial charge in [0.2, 0.25) is 10.0 Å². The first-order chi connectivity index (χ1) is 9.41. The van der Waals surface area contributed by atoms with Crippen LogP contribution in [-0.2, 0) is 16.6 Å². The molecule has 0 aromatic carbocycles. The first-order valence-corrected chi connectivity index (χ1v) is 9.78. The zero-order valence-corrected chi connectivity index (χ0v) is 14.2. The van der Waals surface area contributed by atoms with Crippen molar-refractivity contribution in [2.75, 3.05) is 25.1 Å². The summed E-state index contributed by atoms with van der Waals surface area (Å²) in [5.41, 5.74) is 1.36. The maximum absolute atomic E-state index is 12.8. The Morgan fingerprint density at radius 3 is 2.65 bits per heavy atom. The normalized spacial score (nSPS) is 20.7. The van der Waals surface area contributed by atoms with Crippen LogP contribution in [0.15, 0.2) is 4.90 Å². The lowest BCUT2D eigenvalue weighted by atomic mass is 10.2. The predicted molar refractivity (Wildman–Crippen MR) is 82.6 cm³/mol. The van der Waals surface area contributed by atoms with E-state index >= 15 is 0 Å². The number of hydrogen-bond donors (Lipinski definition) is 0. The first-order valence-electron chi connectivity index (χ1n) is 6.94. The van der Waals surface area contributed by atoms with E-state index < -0.39 is 10.0 Å². The summed E-state index contributed by atoms with van der Waals surface area (Å²) in [5.74, 6) is 1.50. The molecular formula is C13H23N3O2S2. The van der Waals surface area contributed by atoms with Crippen LogP contribution in [0.3, 0.4) is 0 Å². The molecule has 5 nitrogen and oxygen atoms in total. The zero-order valence-electron chi connectivity index (χ0n) is 12.6. The number of rotatable bonds is 5. The SMILES string of the molecule is CCn1nc(C)c(S(=O)(=O)N2CC[C@@H](CSC)C2)c1C. The molecule has 2 rings (SSSR count). The molecule has 0 saturated carbocycles. The van der Waals surface area contributed by atoms with Crippen molar-refractivity contribution in [2.24, 2.45) is 5.92 Å². The molecule has 114 valence electrons. The van der Waals surface area contributed by atoms with Crippen LogP contribution in [0.4, 0.5) is 0 Å². The van der Waals surface area contributed by atoms with Crippen LogP contribution in [0, 0.1) is 19.8 Å². The molecule has 0 aliphatic carbocycles. The number of aryl methyl sites for hydroxylation is 2. The Morgan fingerprint density at radius 1 is 1.40 bits per heavy atom. The molecule has 2 heterocycles. The van der Waals surface area contributed by atoms with Gasteiger partial charge in [-0.3, -0.25) is 4.68 Å². The molecule has 0 amide bonds. The molecule has 0 N–H and O–H groups in total. The number of aromatic nitrogens is 2. The highest BCUT2D eigenvalue weighted by Gasteiger charge is 2.35. The average molecular weight is 317 g/mol. The molecule has 20 heavy (non-hydrogen) atoms. The Morgan fingerprint density at radius 2 is 2.10 bits per heavy atom. The van der Waals surface area contributed by atoms with Crippen LogP contribution in [0.1, 0.15) is 24.7 Å². The second-order valence-corrected chi connectivity index (χ2v) is 8.07. The van der Waals surface area contributed by atoms with Gasteiger partial charge in [-0.2, -0.15) is 21.2 Å². The number of hydrogen-bond acceptors (Lipinski definition) is 4. The highest BCUT2D eigenvalue weighted by Crippen LogP contribution is 2.29. The number of sulfonamides is 1. The Kier molecular flexibility index (Phi) is 4.81. The molecule has 0 bridgehead atoms. The second kappa shape index (κ2) is 6.07. The van der Waals surface area contributed by atoms with E-state index in [1.54, 1.807) is 27.7 Å². The fourth-order valence-corrected chi connectivity index (χ4v) is 5.53. The molecule has 1 aliphatic rings. The zero-order chi connectivity index (χ0) is 14.9. The predicted octanol–water partition coefficient (Wildman–Crippen LogP) is 1.89. The van der Waals surface area contributed by atoms with E-state index in [4.69, 9.17) is 0 Å². The summed E-state index contributed by atoms with van der Waals surface area (Å²) < 4.78 is 29.0. The summed E-state index contributed by atoms with van der Waals surface area (Å²) in [6, 6.07) is 0. The molecule has 1 aromatic heterocycles. The molecule has 0 unspecified atom stereocenters. The summed E-state index contributed by atoms with van der Waals surface area (Å²) in [7, 11) is -3.40. The van der Waals surface area contributed by atoms with Gasteiger partial charge in [0.25, 0.3) is 0 Å². The van der Waals surface area contributed by atoms with Crippen molar-refractivity contribution in [3.63, 3.8) is 0 Å². The molecule has 1 fully saturated rings. The maximum atomic E-state index is 12.8. The number of nitrogens with zero attached hydrogens (tertiary/aromatic N) is 3. The van der Waals surface area contributed by atoms with Crippen molar-refractivity contribution in [3.8, 4) is 0 Å². The van der Waals surface area contributed by atoms with E-state index in [1.165, 1.54) is 0 Å². The smallest absolute Gasteiger partial charge is 0.246 e. The summed E-state index contributed by atoms with van der Waals surface area (Å²) in [6.45, 7) is 7.55. The van der Waals surface area contributed by atoms with Crippen LogP contribution >= 0.6 is 11.8 Å². The minimum absolute atomic E-state index is 0.407. The number of thioether (sulfide) groups is 1. The van der Waals surface area contributed by atoms with Gasteiger partial charge in [-0.1, -0.05) is 0 Å². The van der Waals surface area contributed by atoms with Crippen molar-refractivity contribution < 1.29 is 8.42 Å². The third-order valence-corrected chi connectivity index (χ3v) is 6.79. The summed E-state index contributed by atoms with van der Waals surface area (Å²) >= 11 is 1.78. The molecule has 1 saturated heterocycles. The van der Waals surface area contributed by atoms with Crippen LogP contribution in [0.2, 0.25) is 0 Å². The maximum Gasteiger partial charge on any atom is 0.246 e. The van der Waals surface area contributed by atoms with E-state index in [1.807, 2.05) is 13.8 Å². The van der Waals surface area contributed by atoms with Crippen molar-refractivity contribution in [2.45, 2.75) is 38.6 Å². The van der Waals surface area contributed by atoms with Gasteiger partial charge in [0, 0.05) is 19.6 Å². The van der Waals surface area contributed by atoms with E-state index in [2.05, 4.69) is 11.4 Å². The third kappa shape index (κ3) is 2.76.